The summed E-state index contributed by atoms with van der Waals surface area (Å²) in [5.41, 5.74) is 3.60. The van der Waals surface area contributed by atoms with E-state index in [1.165, 1.54) is 12.8 Å². The summed E-state index contributed by atoms with van der Waals surface area (Å²) < 4.78 is 3.87. The van der Waals surface area contributed by atoms with Crippen molar-refractivity contribution in [1.29, 1.82) is 0 Å². The van der Waals surface area contributed by atoms with Crippen LogP contribution in [-0.2, 0) is 6.54 Å². The fourth-order valence-corrected chi connectivity index (χ4v) is 3.16. The Balaban J connectivity index is 2.16. The maximum Gasteiger partial charge on any atom is 0.259 e. The molecule has 0 radical (unpaired) electrons. The summed E-state index contributed by atoms with van der Waals surface area (Å²) in [4.78, 5) is 17.4. The molecule has 4 nitrogen and oxygen atoms in total. The maximum absolute atomic E-state index is 12.6. The second-order valence-corrected chi connectivity index (χ2v) is 6.59. The number of halogens is 1. The zero-order valence-corrected chi connectivity index (χ0v) is 15.1. The number of benzene rings is 1. The SMILES string of the molecule is CCCCCn1c(C)c(C)n2c(=O)cc(-c3ccc(Cl)cc3)nc12. The van der Waals surface area contributed by atoms with Crippen molar-refractivity contribution < 1.29 is 0 Å². The van der Waals surface area contributed by atoms with Gasteiger partial charge in [-0.15, -0.1) is 0 Å². The molecule has 3 aromatic rings. The maximum atomic E-state index is 12.6. The van der Waals surface area contributed by atoms with E-state index < -0.39 is 0 Å². The molecule has 5 heteroatoms. The first-order valence-corrected chi connectivity index (χ1v) is 8.76. The Morgan fingerprint density at radius 3 is 2.46 bits per heavy atom. The molecule has 3 rings (SSSR count). The number of hydrogen-bond acceptors (Lipinski definition) is 2. The molecule has 0 saturated heterocycles. The van der Waals surface area contributed by atoms with Gasteiger partial charge in [-0.25, -0.2) is 9.38 Å². The molecule has 0 bridgehead atoms. The van der Waals surface area contributed by atoms with Gasteiger partial charge in [-0.2, -0.15) is 0 Å². The average molecular weight is 344 g/mol. The molecule has 24 heavy (non-hydrogen) atoms. The van der Waals surface area contributed by atoms with Crippen LogP contribution in [-0.4, -0.2) is 14.0 Å². The molecule has 0 atom stereocenters. The van der Waals surface area contributed by atoms with Crippen molar-refractivity contribution in [1.82, 2.24) is 14.0 Å². The molecule has 2 aromatic heterocycles. The van der Waals surface area contributed by atoms with Gasteiger partial charge in [0.15, 0.2) is 0 Å². The first-order valence-electron chi connectivity index (χ1n) is 8.38. The normalized spacial score (nSPS) is 11.3. The molecule has 1 aromatic carbocycles. The number of aryl methyl sites for hydroxylation is 2. The van der Waals surface area contributed by atoms with Crippen LogP contribution in [0.2, 0.25) is 5.02 Å². The largest absolute Gasteiger partial charge is 0.314 e. The Morgan fingerprint density at radius 1 is 1.08 bits per heavy atom. The van der Waals surface area contributed by atoms with Crippen LogP contribution in [0.25, 0.3) is 17.0 Å². The summed E-state index contributed by atoms with van der Waals surface area (Å²) in [5, 5.41) is 0.672. The predicted molar refractivity (Wildman–Crippen MR) is 98.9 cm³/mol. The lowest BCUT2D eigenvalue weighted by Gasteiger charge is -2.07. The highest BCUT2D eigenvalue weighted by molar-refractivity contribution is 6.30. The number of hydrogen-bond donors (Lipinski definition) is 0. The van der Waals surface area contributed by atoms with Crippen LogP contribution in [0.4, 0.5) is 0 Å². The van der Waals surface area contributed by atoms with E-state index in [-0.39, 0.29) is 5.56 Å². The van der Waals surface area contributed by atoms with Crippen LogP contribution >= 0.6 is 11.6 Å². The van der Waals surface area contributed by atoms with E-state index in [1.807, 2.05) is 31.2 Å². The van der Waals surface area contributed by atoms with Crippen molar-refractivity contribution in [3.05, 3.63) is 57.1 Å². The molecule has 0 spiro atoms. The second-order valence-electron chi connectivity index (χ2n) is 6.15. The van der Waals surface area contributed by atoms with E-state index in [2.05, 4.69) is 18.4 Å². The minimum absolute atomic E-state index is 0.0419. The zero-order valence-electron chi connectivity index (χ0n) is 14.3. The summed E-state index contributed by atoms with van der Waals surface area (Å²) in [6.45, 7) is 7.10. The fourth-order valence-electron chi connectivity index (χ4n) is 3.03. The molecule has 0 fully saturated rings. The van der Waals surface area contributed by atoms with Gasteiger partial charge in [0.25, 0.3) is 5.56 Å². The Labute approximate surface area is 146 Å². The van der Waals surface area contributed by atoms with Gasteiger partial charge in [0.05, 0.1) is 5.69 Å². The van der Waals surface area contributed by atoms with Crippen molar-refractivity contribution in [2.24, 2.45) is 0 Å². The Kier molecular flexibility index (Phi) is 4.76. The van der Waals surface area contributed by atoms with E-state index in [4.69, 9.17) is 16.6 Å². The third-order valence-corrected chi connectivity index (χ3v) is 4.78. The van der Waals surface area contributed by atoms with Gasteiger partial charge < -0.3 is 4.57 Å². The molecular weight excluding hydrogens is 322 g/mol. The Bertz CT molecular complexity index is 922. The van der Waals surface area contributed by atoms with Gasteiger partial charge >= 0.3 is 0 Å². The van der Waals surface area contributed by atoms with E-state index >= 15 is 0 Å². The number of rotatable bonds is 5. The molecule has 0 aliphatic rings. The van der Waals surface area contributed by atoms with Crippen LogP contribution in [0, 0.1) is 13.8 Å². The molecule has 2 heterocycles. The molecule has 0 saturated carbocycles. The third kappa shape index (κ3) is 2.98. The summed E-state index contributed by atoms with van der Waals surface area (Å²) >= 11 is 5.96. The van der Waals surface area contributed by atoms with Crippen molar-refractivity contribution in [3.63, 3.8) is 0 Å². The minimum atomic E-state index is -0.0419. The number of fused-ring (bicyclic) bond motifs is 1. The van der Waals surface area contributed by atoms with E-state index in [1.54, 1.807) is 10.5 Å². The number of aromatic nitrogens is 3. The minimum Gasteiger partial charge on any atom is -0.314 e. The summed E-state index contributed by atoms with van der Waals surface area (Å²) in [5.74, 6) is 0.721. The molecule has 0 N–H and O–H groups in total. The molecule has 126 valence electrons. The van der Waals surface area contributed by atoms with Crippen LogP contribution < -0.4 is 5.56 Å². The van der Waals surface area contributed by atoms with Crippen LogP contribution in [0.15, 0.2) is 35.1 Å². The van der Waals surface area contributed by atoms with Gasteiger partial charge in [-0.3, -0.25) is 4.79 Å². The molecule has 0 aliphatic carbocycles. The highest BCUT2D eigenvalue weighted by Gasteiger charge is 2.15. The molecule has 0 amide bonds. The van der Waals surface area contributed by atoms with Crippen molar-refractivity contribution in [2.75, 3.05) is 0 Å². The number of nitrogens with zero attached hydrogens (tertiary/aromatic N) is 3. The van der Waals surface area contributed by atoms with Crippen molar-refractivity contribution >= 4 is 17.4 Å². The summed E-state index contributed by atoms with van der Waals surface area (Å²) in [7, 11) is 0. The highest BCUT2D eigenvalue weighted by Crippen LogP contribution is 2.21. The topological polar surface area (TPSA) is 39.3 Å². The lowest BCUT2D eigenvalue weighted by atomic mass is 10.1. The van der Waals surface area contributed by atoms with E-state index in [9.17, 15) is 4.79 Å². The Hall–Kier alpha value is -2.07. The average Bonchev–Trinajstić information content (AvgIpc) is 2.81. The fraction of sp³-hybridized carbons (Fsp3) is 0.368. The van der Waals surface area contributed by atoms with Gasteiger partial charge in [0.1, 0.15) is 0 Å². The lowest BCUT2D eigenvalue weighted by molar-refractivity contribution is 0.601. The van der Waals surface area contributed by atoms with E-state index in [0.717, 1.165) is 35.7 Å². The standard InChI is InChI=1S/C19H22ClN3O/c1-4-5-6-11-22-13(2)14(3)23-18(24)12-17(21-19(22)23)15-7-9-16(20)10-8-15/h7-10,12H,4-6,11H2,1-3H3. The highest BCUT2D eigenvalue weighted by atomic mass is 35.5. The third-order valence-electron chi connectivity index (χ3n) is 4.53. The van der Waals surface area contributed by atoms with Crippen LogP contribution in [0.1, 0.15) is 37.6 Å². The lowest BCUT2D eigenvalue weighted by Crippen LogP contribution is -2.15. The molecule has 0 aliphatic heterocycles. The first-order chi connectivity index (χ1) is 11.5. The smallest absolute Gasteiger partial charge is 0.259 e. The van der Waals surface area contributed by atoms with Gasteiger partial charge in [0.2, 0.25) is 5.78 Å². The van der Waals surface area contributed by atoms with Crippen molar-refractivity contribution in [3.8, 4) is 11.3 Å². The van der Waals surface area contributed by atoms with Gasteiger partial charge in [0, 0.05) is 34.6 Å². The summed E-state index contributed by atoms with van der Waals surface area (Å²) in [6.07, 6.45) is 3.42. The molecular formula is C19H22ClN3O. The number of imidazole rings is 1. The first kappa shape index (κ1) is 16.8. The van der Waals surface area contributed by atoms with Crippen LogP contribution in [0.5, 0.6) is 0 Å². The van der Waals surface area contributed by atoms with Crippen LogP contribution in [0.3, 0.4) is 0 Å². The number of unbranched alkanes of at least 4 members (excludes halogenated alkanes) is 2. The monoisotopic (exact) mass is 343 g/mol. The second kappa shape index (κ2) is 6.81. The van der Waals surface area contributed by atoms with Crippen molar-refractivity contribution in [2.45, 2.75) is 46.6 Å². The predicted octanol–water partition coefficient (Wildman–Crippen LogP) is 4.62. The summed E-state index contributed by atoms with van der Waals surface area (Å²) in [6, 6.07) is 9.02. The molecule has 0 unspecified atom stereocenters. The van der Waals surface area contributed by atoms with Gasteiger partial charge in [-0.05, 0) is 32.4 Å². The zero-order chi connectivity index (χ0) is 17.3. The van der Waals surface area contributed by atoms with Gasteiger partial charge in [-0.1, -0.05) is 43.5 Å². The van der Waals surface area contributed by atoms with E-state index in [0.29, 0.717) is 10.7 Å². The Morgan fingerprint density at radius 2 is 1.79 bits per heavy atom. The quantitative estimate of drug-likeness (QED) is 0.634.